The third-order valence-corrected chi connectivity index (χ3v) is 7.28. The molecule has 4 N–H and O–H groups in total. The standard InChI is InChI=1S/C33H35N5O/c1-23-11-15-25(16-12-23)19-28(21-36-32(39)20-27-7-3-4-8-29(27)34)38-31-10-6-5-9-30(31)37(33(38)35)22-26-17-13-24(2)14-18-26/h3-18,28,35H,19-22,34H2,1-2H3,(H,36,39). The summed E-state index contributed by atoms with van der Waals surface area (Å²) in [5.41, 5.74) is 14.6. The predicted molar refractivity (Wildman–Crippen MR) is 158 cm³/mol. The Labute approximate surface area is 229 Å². The van der Waals surface area contributed by atoms with E-state index < -0.39 is 0 Å². The number of carbonyl (C=O) groups is 1. The number of imidazole rings is 1. The summed E-state index contributed by atoms with van der Waals surface area (Å²) in [4.78, 5) is 13.0. The molecule has 6 nitrogen and oxygen atoms in total. The van der Waals surface area contributed by atoms with E-state index >= 15 is 0 Å². The van der Waals surface area contributed by atoms with Crippen molar-refractivity contribution in [1.29, 1.82) is 5.41 Å². The van der Waals surface area contributed by atoms with Crippen molar-refractivity contribution < 1.29 is 4.79 Å². The lowest BCUT2D eigenvalue weighted by Gasteiger charge is -2.21. The number of rotatable bonds is 9. The molecule has 0 saturated heterocycles. The number of nitrogens with two attached hydrogens (primary N) is 1. The molecule has 0 aliphatic heterocycles. The van der Waals surface area contributed by atoms with Gasteiger partial charge < -0.3 is 20.2 Å². The average Bonchev–Trinajstić information content (AvgIpc) is 3.21. The Morgan fingerprint density at radius 3 is 2.08 bits per heavy atom. The molecule has 0 radical (unpaired) electrons. The van der Waals surface area contributed by atoms with Gasteiger partial charge in [-0.25, -0.2) is 0 Å². The largest absolute Gasteiger partial charge is 0.398 e. The molecule has 5 rings (SSSR count). The van der Waals surface area contributed by atoms with Gasteiger partial charge in [-0.3, -0.25) is 10.2 Å². The second-order valence-corrected chi connectivity index (χ2v) is 10.3. The molecule has 1 amide bonds. The molecule has 6 heteroatoms. The van der Waals surface area contributed by atoms with Gasteiger partial charge in [-0.2, -0.15) is 0 Å². The molecule has 1 aromatic heterocycles. The first-order valence-corrected chi connectivity index (χ1v) is 13.3. The van der Waals surface area contributed by atoms with Gasteiger partial charge in [0, 0.05) is 12.2 Å². The van der Waals surface area contributed by atoms with E-state index in [0.29, 0.717) is 30.8 Å². The van der Waals surface area contributed by atoms with Gasteiger partial charge in [-0.05, 0) is 55.2 Å². The number of hydrogen-bond acceptors (Lipinski definition) is 3. The molecule has 198 valence electrons. The van der Waals surface area contributed by atoms with E-state index in [9.17, 15) is 10.2 Å². The highest BCUT2D eigenvalue weighted by molar-refractivity contribution is 5.80. The summed E-state index contributed by atoms with van der Waals surface area (Å²) >= 11 is 0. The van der Waals surface area contributed by atoms with Gasteiger partial charge in [0.25, 0.3) is 0 Å². The smallest absolute Gasteiger partial charge is 0.224 e. The Bertz CT molecular complexity index is 1640. The van der Waals surface area contributed by atoms with Crippen LogP contribution in [0.15, 0.2) is 97.1 Å². The van der Waals surface area contributed by atoms with Crippen LogP contribution in [0.1, 0.15) is 33.9 Å². The summed E-state index contributed by atoms with van der Waals surface area (Å²) in [6.07, 6.45) is 0.903. The monoisotopic (exact) mass is 517 g/mol. The molecule has 1 heterocycles. The highest BCUT2D eigenvalue weighted by Gasteiger charge is 2.21. The molecule has 1 atom stereocenters. The lowest BCUT2D eigenvalue weighted by molar-refractivity contribution is -0.120. The van der Waals surface area contributed by atoms with E-state index in [0.717, 1.165) is 27.7 Å². The van der Waals surface area contributed by atoms with Gasteiger partial charge >= 0.3 is 0 Å². The number of aromatic nitrogens is 2. The van der Waals surface area contributed by atoms with Crippen LogP contribution in [0.3, 0.4) is 0 Å². The number of fused-ring (bicyclic) bond motifs is 1. The Balaban J connectivity index is 1.49. The number of carbonyl (C=O) groups excluding carboxylic acids is 1. The van der Waals surface area contributed by atoms with Gasteiger partial charge in [-0.1, -0.05) is 90.0 Å². The third-order valence-electron chi connectivity index (χ3n) is 7.28. The van der Waals surface area contributed by atoms with Gasteiger partial charge in [0.05, 0.1) is 30.0 Å². The number of hydrogen-bond donors (Lipinski definition) is 3. The van der Waals surface area contributed by atoms with Crippen LogP contribution in [0.5, 0.6) is 0 Å². The Kier molecular flexibility index (Phi) is 7.64. The molecule has 39 heavy (non-hydrogen) atoms. The van der Waals surface area contributed by atoms with Crippen LogP contribution in [-0.4, -0.2) is 21.6 Å². The summed E-state index contributed by atoms with van der Waals surface area (Å²) in [5, 5.41) is 12.4. The SMILES string of the molecule is Cc1ccc(CC(CNC(=O)Cc2ccccc2N)n2c(=N)n(Cc3ccc(C)cc3)c3ccccc32)cc1. The third kappa shape index (κ3) is 5.96. The quantitative estimate of drug-likeness (QED) is 0.231. The minimum Gasteiger partial charge on any atom is -0.398 e. The van der Waals surface area contributed by atoms with Crippen molar-refractivity contribution in [2.24, 2.45) is 0 Å². The fourth-order valence-corrected chi connectivity index (χ4v) is 5.07. The van der Waals surface area contributed by atoms with Crippen molar-refractivity contribution in [2.45, 2.75) is 39.3 Å². The van der Waals surface area contributed by atoms with Crippen LogP contribution in [0, 0.1) is 19.3 Å². The number of aryl methyl sites for hydroxylation is 2. The maximum absolute atomic E-state index is 13.0. The zero-order chi connectivity index (χ0) is 27.4. The first kappa shape index (κ1) is 26.0. The minimum atomic E-state index is -0.151. The Morgan fingerprint density at radius 2 is 1.41 bits per heavy atom. The molecule has 0 fully saturated rings. The second-order valence-electron chi connectivity index (χ2n) is 10.3. The van der Waals surface area contributed by atoms with Crippen molar-refractivity contribution in [3.05, 3.63) is 130 Å². The number of nitrogen functional groups attached to an aromatic ring is 1. The number of para-hydroxylation sites is 3. The average molecular weight is 518 g/mol. The first-order valence-electron chi connectivity index (χ1n) is 13.3. The van der Waals surface area contributed by atoms with Gasteiger partial charge in [0.2, 0.25) is 11.5 Å². The fourth-order valence-electron chi connectivity index (χ4n) is 5.07. The van der Waals surface area contributed by atoms with E-state index in [2.05, 4.69) is 89.0 Å². The highest BCUT2D eigenvalue weighted by atomic mass is 16.1. The summed E-state index contributed by atoms with van der Waals surface area (Å²) < 4.78 is 4.12. The van der Waals surface area contributed by atoms with Crippen molar-refractivity contribution in [2.75, 3.05) is 12.3 Å². The zero-order valence-corrected chi connectivity index (χ0v) is 22.5. The van der Waals surface area contributed by atoms with E-state index in [1.54, 1.807) is 0 Å². The lowest BCUT2D eigenvalue weighted by atomic mass is 10.0. The predicted octanol–water partition coefficient (Wildman–Crippen LogP) is 5.31. The van der Waals surface area contributed by atoms with Crippen LogP contribution in [0.2, 0.25) is 0 Å². The normalized spacial score (nSPS) is 11.9. The van der Waals surface area contributed by atoms with Crippen LogP contribution in [0.4, 0.5) is 5.69 Å². The molecule has 0 spiro atoms. The number of anilines is 1. The van der Waals surface area contributed by atoms with Crippen LogP contribution in [0.25, 0.3) is 11.0 Å². The molecule has 0 aliphatic rings. The van der Waals surface area contributed by atoms with E-state index in [-0.39, 0.29) is 18.4 Å². The molecular weight excluding hydrogens is 482 g/mol. The minimum absolute atomic E-state index is 0.0858. The second kappa shape index (κ2) is 11.4. The number of nitrogens with zero attached hydrogens (tertiary/aromatic N) is 2. The van der Waals surface area contributed by atoms with E-state index in [1.807, 2.05) is 36.4 Å². The van der Waals surface area contributed by atoms with Crippen molar-refractivity contribution in [3.63, 3.8) is 0 Å². The van der Waals surface area contributed by atoms with Gasteiger partial charge in [0.15, 0.2) is 0 Å². The maximum atomic E-state index is 13.0. The van der Waals surface area contributed by atoms with Crippen LogP contribution < -0.4 is 16.7 Å². The zero-order valence-electron chi connectivity index (χ0n) is 22.5. The first-order chi connectivity index (χ1) is 18.9. The van der Waals surface area contributed by atoms with Crippen molar-refractivity contribution in [1.82, 2.24) is 14.5 Å². The summed E-state index contributed by atoms with van der Waals surface area (Å²) in [7, 11) is 0. The Morgan fingerprint density at radius 1 is 0.821 bits per heavy atom. The van der Waals surface area contributed by atoms with E-state index in [1.165, 1.54) is 11.1 Å². The fraction of sp³-hybridized carbons (Fsp3) is 0.212. The van der Waals surface area contributed by atoms with Crippen LogP contribution in [-0.2, 0) is 24.2 Å². The number of benzene rings is 4. The summed E-state index contributed by atoms with van der Waals surface area (Å²) in [5.74, 6) is -0.0858. The van der Waals surface area contributed by atoms with Crippen molar-refractivity contribution >= 4 is 22.6 Å². The summed E-state index contributed by atoms with van der Waals surface area (Å²) in [6, 6.07) is 32.4. The number of amides is 1. The van der Waals surface area contributed by atoms with Gasteiger partial charge in [-0.15, -0.1) is 0 Å². The highest BCUT2D eigenvalue weighted by Crippen LogP contribution is 2.22. The summed E-state index contributed by atoms with van der Waals surface area (Å²) in [6.45, 7) is 5.15. The maximum Gasteiger partial charge on any atom is 0.224 e. The molecule has 1 unspecified atom stereocenters. The molecule has 0 aliphatic carbocycles. The molecule has 0 saturated carbocycles. The lowest BCUT2D eigenvalue weighted by Crippen LogP contribution is -2.37. The topological polar surface area (TPSA) is 88.8 Å². The Hall–Kier alpha value is -4.58. The molecule has 5 aromatic rings. The van der Waals surface area contributed by atoms with Crippen molar-refractivity contribution in [3.8, 4) is 0 Å². The molecular formula is C33H35N5O. The molecule has 4 aromatic carbocycles. The van der Waals surface area contributed by atoms with E-state index in [4.69, 9.17) is 5.73 Å². The van der Waals surface area contributed by atoms with Gasteiger partial charge in [0.1, 0.15) is 0 Å². The number of nitrogens with one attached hydrogen (secondary N) is 2. The van der Waals surface area contributed by atoms with Crippen LogP contribution >= 0.6 is 0 Å². The molecule has 0 bridgehead atoms.